The number of sulfonamides is 1. The number of unbranched alkanes of at least 4 members (excludes halogenated alkanes) is 9. The molecule has 0 atom stereocenters. The minimum atomic E-state index is -3.74. The molecule has 0 bridgehead atoms. The fourth-order valence-corrected chi connectivity index (χ4v) is 4.59. The first-order valence-corrected chi connectivity index (χ1v) is 10.9. The Hall–Kier alpha value is -1.40. The molecule has 6 heteroatoms. The third-order valence-electron chi connectivity index (χ3n) is 4.61. The zero-order chi connectivity index (χ0) is 18.1. The van der Waals surface area contributed by atoms with E-state index < -0.39 is 15.9 Å². The third kappa shape index (κ3) is 5.28. The Morgan fingerprint density at radius 1 is 0.880 bits per heavy atom. The smallest absolute Gasteiger partial charge is 0.266 e. The number of carbonyl (C=O) groups is 1. The summed E-state index contributed by atoms with van der Waals surface area (Å²) in [5, 5.41) is 0. The largest absolute Gasteiger partial charge is 0.283 e. The quantitative estimate of drug-likeness (QED) is 0.561. The second-order valence-electron chi connectivity index (χ2n) is 6.66. The number of hydrogen-bond acceptors (Lipinski definition) is 4. The number of benzene rings is 1. The SMILES string of the molecule is CCCCCCCCCCCCNN1C(=O)c2ccccc2S1(=O)=O. The Bertz CT molecular complexity index is 658. The number of amides is 1. The molecule has 1 aromatic carbocycles. The Labute approximate surface area is 151 Å². The van der Waals surface area contributed by atoms with Crippen LogP contribution in [0.15, 0.2) is 29.2 Å². The molecule has 0 radical (unpaired) electrons. The topological polar surface area (TPSA) is 66.5 Å². The standard InChI is InChI=1S/C19H30N2O3S/c1-2-3-4-5-6-7-8-9-10-13-16-20-21-19(22)17-14-11-12-15-18(17)25(21,23)24/h11-12,14-15,20H,2-10,13,16H2,1H3. The van der Waals surface area contributed by atoms with Gasteiger partial charge in [0.15, 0.2) is 0 Å². The van der Waals surface area contributed by atoms with Crippen LogP contribution in [0.4, 0.5) is 0 Å². The molecule has 1 heterocycles. The Balaban J connectivity index is 1.61. The monoisotopic (exact) mass is 366 g/mol. The molecule has 0 saturated carbocycles. The van der Waals surface area contributed by atoms with Crippen LogP contribution in [-0.2, 0) is 10.0 Å². The predicted molar refractivity (Wildman–Crippen MR) is 99.6 cm³/mol. The fourth-order valence-electron chi connectivity index (χ4n) is 3.13. The predicted octanol–water partition coefficient (Wildman–Crippen LogP) is 4.26. The minimum Gasteiger partial charge on any atom is -0.266 e. The molecular formula is C19H30N2O3S. The van der Waals surface area contributed by atoms with Crippen LogP contribution in [0, 0.1) is 0 Å². The van der Waals surface area contributed by atoms with Crippen molar-refractivity contribution in [2.45, 2.75) is 76.0 Å². The van der Waals surface area contributed by atoms with Crippen molar-refractivity contribution in [3.63, 3.8) is 0 Å². The highest BCUT2D eigenvalue weighted by atomic mass is 32.2. The van der Waals surface area contributed by atoms with Crippen molar-refractivity contribution in [3.05, 3.63) is 29.8 Å². The second-order valence-corrected chi connectivity index (χ2v) is 8.42. The molecule has 1 aliphatic heterocycles. The van der Waals surface area contributed by atoms with E-state index in [-0.39, 0.29) is 10.5 Å². The third-order valence-corrected chi connectivity index (χ3v) is 6.29. The molecule has 1 aromatic rings. The molecule has 1 aliphatic rings. The summed E-state index contributed by atoms with van der Waals surface area (Å²) in [6.07, 6.45) is 12.2. The maximum absolute atomic E-state index is 12.4. The van der Waals surface area contributed by atoms with Gasteiger partial charge in [-0.25, -0.2) is 5.43 Å². The summed E-state index contributed by atoms with van der Waals surface area (Å²) in [5.74, 6) is -0.484. The fraction of sp³-hybridized carbons (Fsp3) is 0.632. The lowest BCUT2D eigenvalue weighted by Gasteiger charge is -2.16. The van der Waals surface area contributed by atoms with Gasteiger partial charge in [-0.15, -0.1) is 0 Å². The molecule has 0 aromatic heterocycles. The van der Waals surface area contributed by atoms with Crippen molar-refractivity contribution in [3.8, 4) is 0 Å². The number of nitrogens with zero attached hydrogens (tertiary/aromatic N) is 1. The number of fused-ring (bicyclic) bond motifs is 1. The lowest BCUT2D eigenvalue weighted by Crippen LogP contribution is -2.42. The van der Waals surface area contributed by atoms with Gasteiger partial charge in [0.05, 0.1) is 5.56 Å². The summed E-state index contributed by atoms with van der Waals surface area (Å²) in [4.78, 5) is 12.3. The minimum absolute atomic E-state index is 0.0931. The molecule has 0 saturated heterocycles. The molecule has 1 N–H and O–H groups in total. The first kappa shape index (κ1) is 19.9. The normalized spacial score (nSPS) is 15.6. The first-order chi connectivity index (χ1) is 12.1. The number of hydrogen-bond donors (Lipinski definition) is 1. The zero-order valence-corrected chi connectivity index (χ0v) is 16.0. The van der Waals surface area contributed by atoms with E-state index in [0.717, 1.165) is 23.7 Å². The molecular weight excluding hydrogens is 336 g/mol. The maximum atomic E-state index is 12.4. The van der Waals surface area contributed by atoms with Crippen LogP contribution in [0.25, 0.3) is 0 Å². The number of nitrogens with one attached hydrogen (secondary N) is 1. The van der Waals surface area contributed by atoms with Crippen LogP contribution in [0.1, 0.15) is 81.5 Å². The van der Waals surface area contributed by atoms with Gasteiger partial charge >= 0.3 is 0 Å². The van der Waals surface area contributed by atoms with Gasteiger partial charge in [-0.3, -0.25) is 4.79 Å². The van der Waals surface area contributed by atoms with E-state index in [4.69, 9.17) is 0 Å². The van der Waals surface area contributed by atoms with E-state index in [9.17, 15) is 13.2 Å². The van der Waals surface area contributed by atoms with E-state index in [1.54, 1.807) is 18.2 Å². The van der Waals surface area contributed by atoms with Gasteiger partial charge in [-0.2, -0.15) is 12.8 Å². The van der Waals surface area contributed by atoms with Gasteiger partial charge in [-0.05, 0) is 18.6 Å². The summed E-state index contributed by atoms with van der Waals surface area (Å²) in [5.41, 5.74) is 3.04. The van der Waals surface area contributed by atoms with Crippen molar-refractivity contribution in [1.82, 2.24) is 9.84 Å². The van der Waals surface area contributed by atoms with Crippen LogP contribution in [0.5, 0.6) is 0 Å². The Morgan fingerprint density at radius 2 is 1.44 bits per heavy atom. The van der Waals surface area contributed by atoms with E-state index in [1.165, 1.54) is 51.0 Å². The highest BCUT2D eigenvalue weighted by Gasteiger charge is 2.40. The van der Waals surface area contributed by atoms with Gasteiger partial charge in [-0.1, -0.05) is 76.8 Å². The van der Waals surface area contributed by atoms with Crippen molar-refractivity contribution in [1.29, 1.82) is 0 Å². The molecule has 5 nitrogen and oxygen atoms in total. The molecule has 1 amide bonds. The Kier molecular flexibility index (Phi) is 7.90. The maximum Gasteiger partial charge on any atom is 0.283 e. The van der Waals surface area contributed by atoms with E-state index in [2.05, 4.69) is 12.3 Å². The van der Waals surface area contributed by atoms with Crippen LogP contribution in [-0.4, -0.2) is 25.3 Å². The van der Waals surface area contributed by atoms with Crippen molar-refractivity contribution in [2.75, 3.05) is 6.54 Å². The molecule has 2 rings (SSSR count). The second kappa shape index (κ2) is 9.92. The lowest BCUT2D eigenvalue weighted by molar-refractivity contribution is 0.0823. The Morgan fingerprint density at radius 3 is 2.04 bits per heavy atom. The van der Waals surface area contributed by atoms with Crippen LogP contribution < -0.4 is 5.43 Å². The number of carbonyl (C=O) groups excluding carboxylic acids is 1. The highest BCUT2D eigenvalue weighted by Crippen LogP contribution is 2.28. The summed E-state index contributed by atoms with van der Waals surface area (Å²) < 4.78 is 25.5. The molecule has 25 heavy (non-hydrogen) atoms. The van der Waals surface area contributed by atoms with Crippen molar-refractivity contribution >= 4 is 15.9 Å². The van der Waals surface area contributed by atoms with E-state index in [0.29, 0.717) is 6.54 Å². The average molecular weight is 367 g/mol. The average Bonchev–Trinajstić information content (AvgIpc) is 2.80. The van der Waals surface area contributed by atoms with Gasteiger partial charge in [0.2, 0.25) is 0 Å². The molecule has 0 spiro atoms. The van der Waals surface area contributed by atoms with Gasteiger partial charge < -0.3 is 0 Å². The zero-order valence-electron chi connectivity index (χ0n) is 15.2. The lowest BCUT2D eigenvalue weighted by atomic mass is 10.1. The molecule has 0 unspecified atom stereocenters. The van der Waals surface area contributed by atoms with Gasteiger partial charge in [0.1, 0.15) is 4.90 Å². The number of rotatable bonds is 12. The molecule has 140 valence electrons. The highest BCUT2D eigenvalue weighted by molar-refractivity contribution is 7.90. The van der Waals surface area contributed by atoms with Crippen molar-refractivity contribution < 1.29 is 13.2 Å². The molecule has 0 fully saturated rings. The van der Waals surface area contributed by atoms with E-state index in [1.807, 2.05) is 0 Å². The first-order valence-electron chi connectivity index (χ1n) is 9.51. The summed E-state index contributed by atoms with van der Waals surface area (Å²) in [6, 6.07) is 6.34. The van der Waals surface area contributed by atoms with Crippen molar-refractivity contribution in [2.24, 2.45) is 0 Å². The summed E-state index contributed by atoms with van der Waals surface area (Å²) in [6.45, 7) is 2.73. The van der Waals surface area contributed by atoms with Gasteiger partial charge in [0, 0.05) is 6.54 Å². The van der Waals surface area contributed by atoms with E-state index >= 15 is 0 Å². The van der Waals surface area contributed by atoms with Crippen LogP contribution >= 0.6 is 0 Å². The van der Waals surface area contributed by atoms with Crippen LogP contribution in [0.3, 0.4) is 0 Å². The van der Waals surface area contributed by atoms with Crippen LogP contribution in [0.2, 0.25) is 0 Å². The molecule has 0 aliphatic carbocycles. The van der Waals surface area contributed by atoms with Gasteiger partial charge in [0.25, 0.3) is 15.9 Å². The summed E-state index contributed by atoms with van der Waals surface area (Å²) in [7, 11) is -3.74. The number of hydrazine groups is 1. The summed E-state index contributed by atoms with van der Waals surface area (Å²) >= 11 is 0.